The van der Waals surface area contributed by atoms with Crippen LogP contribution in [0.3, 0.4) is 0 Å². The highest BCUT2D eigenvalue weighted by molar-refractivity contribution is 5.77. The molecule has 0 aliphatic heterocycles. The fraction of sp³-hybridized carbons (Fsp3) is 0.333. The molecule has 1 heterocycles. The number of benzene rings is 1. The Morgan fingerprint density at radius 2 is 2.06 bits per heavy atom. The van der Waals surface area contributed by atoms with Gasteiger partial charge in [-0.05, 0) is 56.5 Å². The second kappa shape index (κ2) is 10.0. The summed E-state index contributed by atoms with van der Waals surface area (Å²) in [7, 11) is 0. The topological polar surface area (TPSA) is 105 Å². The SMILES string of the molecule is CCN(/C(C)=C/NC(=O)CCNC1(c2ccc(F)c(C#N)c2)CC1)c1ccc(C#N)cn1. The zero-order chi connectivity index (χ0) is 23.1. The highest BCUT2D eigenvalue weighted by atomic mass is 19.1. The van der Waals surface area contributed by atoms with E-state index in [9.17, 15) is 9.18 Å². The number of hydrogen-bond donors (Lipinski definition) is 2. The van der Waals surface area contributed by atoms with Crippen LogP contribution >= 0.6 is 0 Å². The zero-order valence-electron chi connectivity index (χ0n) is 18.2. The van der Waals surface area contributed by atoms with Gasteiger partial charge in [-0.1, -0.05) is 6.07 Å². The molecule has 0 unspecified atom stereocenters. The molecule has 0 atom stereocenters. The number of hydrogen-bond acceptors (Lipinski definition) is 6. The number of rotatable bonds is 9. The first-order valence-electron chi connectivity index (χ1n) is 10.5. The number of nitriles is 2. The second-order valence-corrected chi connectivity index (χ2v) is 7.68. The Balaban J connectivity index is 1.52. The van der Waals surface area contributed by atoms with Crippen LogP contribution in [-0.4, -0.2) is 24.0 Å². The monoisotopic (exact) mass is 432 g/mol. The van der Waals surface area contributed by atoms with Gasteiger partial charge in [-0.15, -0.1) is 0 Å². The summed E-state index contributed by atoms with van der Waals surface area (Å²) >= 11 is 0. The summed E-state index contributed by atoms with van der Waals surface area (Å²) < 4.78 is 13.6. The minimum atomic E-state index is -0.522. The third-order valence-corrected chi connectivity index (χ3v) is 5.54. The van der Waals surface area contributed by atoms with Crippen LogP contribution in [0.4, 0.5) is 10.2 Å². The predicted molar refractivity (Wildman–Crippen MR) is 119 cm³/mol. The van der Waals surface area contributed by atoms with Crippen LogP contribution < -0.4 is 15.5 Å². The summed E-state index contributed by atoms with van der Waals surface area (Å²) in [5, 5.41) is 24.1. The van der Waals surface area contributed by atoms with E-state index in [0.717, 1.165) is 24.1 Å². The zero-order valence-corrected chi connectivity index (χ0v) is 18.2. The van der Waals surface area contributed by atoms with Gasteiger partial charge in [0.2, 0.25) is 5.91 Å². The van der Waals surface area contributed by atoms with Gasteiger partial charge < -0.3 is 15.5 Å². The van der Waals surface area contributed by atoms with Crippen molar-refractivity contribution in [3.63, 3.8) is 0 Å². The lowest BCUT2D eigenvalue weighted by Crippen LogP contribution is -2.33. The van der Waals surface area contributed by atoms with E-state index in [1.54, 1.807) is 30.5 Å². The number of aromatic nitrogens is 1. The van der Waals surface area contributed by atoms with Crippen molar-refractivity contribution < 1.29 is 9.18 Å². The molecule has 1 amide bonds. The summed E-state index contributed by atoms with van der Waals surface area (Å²) in [5.74, 6) is 0.0436. The molecule has 1 aliphatic rings. The molecule has 0 saturated heterocycles. The number of pyridine rings is 1. The smallest absolute Gasteiger partial charge is 0.225 e. The maximum atomic E-state index is 13.6. The highest BCUT2D eigenvalue weighted by Crippen LogP contribution is 2.45. The van der Waals surface area contributed by atoms with Crippen molar-refractivity contribution in [2.45, 2.75) is 38.6 Å². The molecule has 2 N–H and O–H groups in total. The third kappa shape index (κ3) is 5.29. The maximum absolute atomic E-state index is 13.6. The molecule has 7 nitrogen and oxygen atoms in total. The van der Waals surface area contributed by atoms with Crippen LogP contribution in [0.15, 0.2) is 48.4 Å². The Bertz CT molecular complexity index is 1090. The van der Waals surface area contributed by atoms with Crippen molar-refractivity contribution in [2.75, 3.05) is 18.0 Å². The molecule has 0 bridgehead atoms. The average Bonchev–Trinajstić information content (AvgIpc) is 3.60. The Morgan fingerprint density at radius 3 is 2.66 bits per heavy atom. The molecule has 1 saturated carbocycles. The molecule has 1 aromatic heterocycles. The summed E-state index contributed by atoms with van der Waals surface area (Å²) in [4.78, 5) is 18.5. The first kappa shape index (κ1) is 22.9. The summed E-state index contributed by atoms with van der Waals surface area (Å²) in [6.07, 6.45) is 5.21. The van der Waals surface area contributed by atoms with Gasteiger partial charge in [-0.25, -0.2) is 9.37 Å². The molecule has 1 fully saturated rings. The van der Waals surface area contributed by atoms with Crippen LogP contribution in [0.2, 0.25) is 0 Å². The molecule has 3 rings (SSSR count). The minimum absolute atomic E-state index is 0.0335. The Kier molecular flexibility index (Phi) is 7.19. The minimum Gasteiger partial charge on any atom is -0.331 e. The Morgan fingerprint density at radius 1 is 1.28 bits per heavy atom. The first-order valence-corrected chi connectivity index (χ1v) is 10.5. The molecule has 164 valence electrons. The standard InChI is InChI=1S/C24H25FN6O/c1-3-31(22-7-4-18(13-26)16-28-22)17(2)15-29-23(32)8-11-30-24(9-10-24)20-5-6-21(25)19(12-20)14-27/h4-7,12,15-16,30H,3,8-11H2,1-2H3,(H,29,32)/b17-15+. The average molecular weight is 433 g/mol. The van der Waals surface area contributed by atoms with Gasteiger partial charge in [-0.3, -0.25) is 4.79 Å². The van der Waals surface area contributed by atoms with Gasteiger partial charge in [0.25, 0.3) is 0 Å². The number of nitrogens with zero attached hydrogens (tertiary/aromatic N) is 4. The lowest BCUT2D eigenvalue weighted by atomic mass is 10.0. The van der Waals surface area contributed by atoms with Crippen LogP contribution in [0, 0.1) is 28.5 Å². The van der Waals surface area contributed by atoms with Crippen molar-refractivity contribution in [3.8, 4) is 12.1 Å². The van der Waals surface area contributed by atoms with Crippen LogP contribution in [0.25, 0.3) is 0 Å². The highest BCUT2D eigenvalue weighted by Gasteiger charge is 2.44. The molecule has 1 aliphatic carbocycles. The Labute approximate surface area is 187 Å². The van der Waals surface area contributed by atoms with Gasteiger partial charge in [-0.2, -0.15) is 10.5 Å². The largest absolute Gasteiger partial charge is 0.331 e. The molecule has 0 spiro atoms. The number of anilines is 1. The molecular weight excluding hydrogens is 407 g/mol. The van der Waals surface area contributed by atoms with E-state index in [1.807, 2.05) is 30.9 Å². The van der Waals surface area contributed by atoms with Crippen molar-refractivity contribution in [1.82, 2.24) is 15.6 Å². The van der Waals surface area contributed by atoms with Crippen LogP contribution in [-0.2, 0) is 10.3 Å². The molecule has 32 heavy (non-hydrogen) atoms. The lowest BCUT2D eigenvalue weighted by Gasteiger charge is -2.22. The molecule has 8 heteroatoms. The van der Waals surface area contributed by atoms with Gasteiger partial charge in [0.05, 0.1) is 11.1 Å². The molecule has 0 radical (unpaired) electrons. The van der Waals surface area contributed by atoms with Crippen molar-refractivity contribution in [1.29, 1.82) is 10.5 Å². The van der Waals surface area contributed by atoms with Crippen molar-refractivity contribution in [2.24, 2.45) is 0 Å². The molecular formula is C24H25FN6O. The second-order valence-electron chi connectivity index (χ2n) is 7.68. The van der Waals surface area contributed by atoms with E-state index < -0.39 is 5.82 Å². The normalized spacial score (nSPS) is 14.2. The number of carbonyl (C=O) groups excluding carboxylic acids is 1. The van der Waals surface area contributed by atoms with E-state index >= 15 is 0 Å². The van der Waals surface area contributed by atoms with Crippen molar-refractivity contribution >= 4 is 11.7 Å². The fourth-order valence-corrected chi connectivity index (χ4v) is 3.56. The van der Waals surface area contributed by atoms with Crippen LogP contribution in [0.5, 0.6) is 0 Å². The lowest BCUT2D eigenvalue weighted by molar-refractivity contribution is -0.120. The van der Waals surface area contributed by atoms with E-state index in [-0.39, 0.29) is 23.4 Å². The summed E-state index contributed by atoms with van der Waals surface area (Å²) in [6.45, 7) is 4.98. The quantitative estimate of drug-likeness (QED) is 0.629. The van der Waals surface area contributed by atoms with Gasteiger partial charge in [0.15, 0.2) is 0 Å². The predicted octanol–water partition coefficient (Wildman–Crippen LogP) is 3.44. The number of halogens is 1. The third-order valence-electron chi connectivity index (χ3n) is 5.54. The van der Waals surface area contributed by atoms with Gasteiger partial charge in [0, 0.05) is 43.1 Å². The van der Waals surface area contributed by atoms with Crippen LogP contribution in [0.1, 0.15) is 49.8 Å². The summed E-state index contributed by atoms with van der Waals surface area (Å²) in [6, 6.07) is 12.0. The number of nitrogens with one attached hydrogen (secondary N) is 2. The van der Waals surface area contributed by atoms with Gasteiger partial charge >= 0.3 is 0 Å². The summed E-state index contributed by atoms with van der Waals surface area (Å²) in [5.41, 5.74) is 1.93. The van der Waals surface area contributed by atoms with E-state index in [1.165, 1.54) is 12.3 Å². The number of amides is 1. The number of allylic oxidation sites excluding steroid dienone is 1. The Hall–Kier alpha value is -3.75. The van der Waals surface area contributed by atoms with E-state index in [2.05, 4.69) is 15.6 Å². The first-order chi connectivity index (χ1) is 15.4. The van der Waals surface area contributed by atoms with Crippen molar-refractivity contribution in [3.05, 3.63) is 70.9 Å². The molecule has 1 aromatic carbocycles. The van der Waals surface area contributed by atoms with Gasteiger partial charge in [0.1, 0.15) is 23.8 Å². The maximum Gasteiger partial charge on any atom is 0.225 e. The fourth-order valence-electron chi connectivity index (χ4n) is 3.56. The van der Waals surface area contributed by atoms with E-state index in [0.29, 0.717) is 24.5 Å². The number of carbonyl (C=O) groups is 1. The molecule has 2 aromatic rings. The van der Waals surface area contributed by atoms with E-state index in [4.69, 9.17) is 10.5 Å².